The lowest BCUT2D eigenvalue weighted by Crippen LogP contribution is -2.20. The van der Waals surface area contributed by atoms with Crippen molar-refractivity contribution in [2.24, 2.45) is 0 Å². The number of benzene rings is 1. The molecule has 0 aliphatic heterocycles. The van der Waals surface area contributed by atoms with Crippen LogP contribution < -0.4 is 0 Å². The number of carbonyl (C=O) groups is 2. The van der Waals surface area contributed by atoms with Crippen molar-refractivity contribution in [2.75, 3.05) is 14.2 Å². The maximum atomic E-state index is 11.9. The Bertz CT molecular complexity index is 698. The second-order valence-corrected chi connectivity index (χ2v) is 6.04. The third-order valence-electron chi connectivity index (χ3n) is 3.31. The highest BCUT2D eigenvalue weighted by Gasteiger charge is 2.25. The Morgan fingerprint density at radius 1 is 1.14 bits per heavy atom. The van der Waals surface area contributed by atoms with Crippen LogP contribution in [0.4, 0.5) is 0 Å². The van der Waals surface area contributed by atoms with Crippen molar-refractivity contribution < 1.29 is 19.1 Å². The van der Waals surface area contributed by atoms with Crippen LogP contribution in [-0.4, -0.2) is 41.0 Å². The van der Waals surface area contributed by atoms with E-state index in [0.29, 0.717) is 5.16 Å². The zero-order valence-electron chi connectivity index (χ0n) is 12.9. The van der Waals surface area contributed by atoms with Crippen LogP contribution in [-0.2, 0) is 19.1 Å². The van der Waals surface area contributed by atoms with E-state index in [2.05, 4.69) is 4.98 Å². The number of hydrogen-bond donors (Lipinski definition) is 0. The van der Waals surface area contributed by atoms with E-state index in [-0.39, 0.29) is 11.9 Å². The summed E-state index contributed by atoms with van der Waals surface area (Å²) in [5, 5.41) is 0.155. The molecular weight excluding hydrogens is 304 g/mol. The Morgan fingerprint density at radius 2 is 1.77 bits per heavy atom. The summed E-state index contributed by atoms with van der Waals surface area (Å²) in [6.07, 6.45) is 0. The third kappa shape index (κ3) is 3.09. The lowest BCUT2D eigenvalue weighted by atomic mass is 10.3. The number of aromatic nitrogens is 2. The van der Waals surface area contributed by atoms with Gasteiger partial charge in [0.25, 0.3) is 0 Å². The zero-order chi connectivity index (χ0) is 16.3. The van der Waals surface area contributed by atoms with Crippen LogP contribution in [0.1, 0.15) is 19.9 Å². The number of nitrogens with zero attached hydrogens (tertiary/aromatic N) is 2. The Balaban J connectivity index is 2.48. The molecule has 0 radical (unpaired) electrons. The fraction of sp³-hybridized carbons (Fsp3) is 0.400. The number of thioether (sulfide) groups is 1. The number of ether oxygens (including phenoxy) is 2. The van der Waals surface area contributed by atoms with Crippen molar-refractivity contribution in [3.8, 4) is 0 Å². The Kier molecular flexibility index (Phi) is 5.07. The fourth-order valence-electron chi connectivity index (χ4n) is 2.13. The van der Waals surface area contributed by atoms with Gasteiger partial charge >= 0.3 is 11.9 Å². The molecule has 1 heterocycles. The first-order chi connectivity index (χ1) is 10.5. The molecule has 1 aromatic carbocycles. The van der Waals surface area contributed by atoms with Gasteiger partial charge in [0.1, 0.15) is 11.3 Å². The molecule has 2 aromatic rings. The molecule has 0 spiro atoms. The normalized spacial score (nSPS) is 13.6. The van der Waals surface area contributed by atoms with Crippen LogP contribution in [0.5, 0.6) is 0 Å². The van der Waals surface area contributed by atoms with Gasteiger partial charge in [0.05, 0.1) is 25.3 Å². The summed E-state index contributed by atoms with van der Waals surface area (Å²) >= 11 is 1.25. The second-order valence-electron chi connectivity index (χ2n) is 4.74. The molecule has 1 aromatic heterocycles. The van der Waals surface area contributed by atoms with Gasteiger partial charge in [-0.25, -0.2) is 9.78 Å². The highest BCUT2D eigenvalue weighted by Crippen LogP contribution is 2.31. The van der Waals surface area contributed by atoms with Gasteiger partial charge in [-0.1, -0.05) is 23.9 Å². The van der Waals surface area contributed by atoms with Crippen molar-refractivity contribution in [3.05, 3.63) is 24.3 Å². The van der Waals surface area contributed by atoms with Gasteiger partial charge in [-0.3, -0.25) is 4.79 Å². The predicted octanol–water partition coefficient (Wildman–Crippen LogP) is 2.42. The molecule has 118 valence electrons. The molecule has 22 heavy (non-hydrogen) atoms. The second kappa shape index (κ2) is 6.83. The first-order valence-electron chi connectivity index (χ1n) is 6.78. The smallest absolute Gasteiger partial charge is 0.328 e. The monoisotopic (exact) mass is 322 g/mol. The fourth-order valence-corrected chi connectivity index (χ4v) is 3.16. The van der Waals surface area contributed by atoms with E-state index < -0.39 is 11.3 Å². The number of methoxy groups -OCH3 is 2. The summed E-state index contributed by atoms with van der Waals surface area (Å²) in [4.78, 5) is 28.1. The minimum Gasteiger partial charge on any atom is -0.468 e. The van der Waals surface area contributed by atoms with Crippen LogP contribution in [0, 0.1) is 0 Å². The number of hydrogen-bond acceptors (Lipinski definition) is 6. The van der Waals surface area contributed by atoms with Crippen LogP contribution in [0.3, 0.4) is 0 Å². The predicted molar refractivity (Wildman–Crippen MR) is 83.8 cm³/mol. The maximum Gasteiger partial charge on any atom is 0.328 e. The Labute approximate surface area is 132 Å². The van der Waals surface area contributed by atoms with E-state index in [4.69, 9.17) is 9.47 Å². The molecule has 0 aliphatic carbocycles. The molecule has 0 saturated carbocycles. The van der Waals surface area contributed by atoms with Gasteiger partial charge in [0.15, 0.2) is 5.16 Å². The van der Waals surface area contributed by atoms with Gasteiger partial charge in [-0.15, -0.1) is 0 Å². The molecule has 0 N–H and O–H groups in total. The van der Waals surface area contributed by atoms with Crippen LogP contribution in [0.2, 0.25) is 0 Å². The number of esters is 2. The molecule has 2 rings (SSSR count). The third-order valence-corrected chi connectivity index (χ3v) is 4.35. The average molecular weight is 322 g/mol. The van der Waals surface area contributed by atoms with E-state index >= 15 is 0 Å². The minimum atomic E-state index is -0.537. The summed E-state index contributed by atoms with van der Waals surface area (Å²) in [7, 11) is 2.70. The lowest BCUT2D eigenvalue weighted by Gasteiger charge is -2.16. The molecular formula is C15H18N2O4S. The molecule has 0 amide bonds. The lowest BCUT2D eigenvalue weighted by molar-refractivity contribution is -0.144. The van der Waals surface area contributed by atoms with Gasteiger partial charge < -0.3 is 14.0 Å². The highest BCUT2D eigenvalue weighted by atomic mass is 32.2. The van der Waals surface area contributed by atoms with Crippen molar-refractivity contribution in [1.82, 2.24) is 9.55 Å². The van der Waals surface area contributed by atoms with E-state index in [1.54, 1.807) is 18.4 Å². The number of rotatable bonds is 5. The number of para-hydroxylation sites is 2. The molecule has 0 bridgehead atoms. The van der Waals surface area contributed by atoms with E-state index in [1.807, 2.05) is 24.3 Å². The SMILES string of the molecule is COC(=O)C(C)Sc1nc2ccccc2n1C(C)C(=O)OC. The molecule has 6 nitrogen and oxygen atoms in total. The molecule has 0 saturated heterocycles. The summed E-state index contributed by atoms with van der Waals surface area (Å²) in [6.45, 7) is 3.48. The number of fused-ring (bicyclic) bond motifs is 1. The average Bonchev–Trinajstić information content (AvgIpc) is 2.90. The first kappa shape index (κ1) is 16.4. The van der Waals surface area contributed by atoms with E-state index in [1.165, 1.54) is 26.0 Å². The molecule has 7 heteroatoms. The Hall–Kier alpha value is -2.02. The summed E-state index contributed by atoms with van der Waals surface area (Å²) in [5.74, 6) is -0.704. The zero-order valence-corrected chi connectivity index (χ0v) is 13.7. The summed E-state index contributed by atoms with van der Waals surface area (Å²) in [6, 6.07) is 6.96. The first-order valence-corrected chi connectivity index (χ1v) is 7.66. The van der Waals surface area contributed by atoms with Crippen molar-refractivity contribution in [2.45, 2.75) is 30.3 Å². The van der Waals surface area contributed by atoms with Gasteiger partial charge in [0, 0.05) is 0 Å². The van der Waals surface area contributed by atoms with Gasteiger partial charge in [0.2, 0.25) is 0 Å². The van der Waals surface area contributed by atoms with Gasteiger partial charge in [-0.05, 0) is 26.0 Å². The summed E-state index contributed by atoms with van der Waals surface area (Å²) in [5.41, 5.74) is 1.58. The van der Waals surface area contributed by atoms with Gasteiger partial charge in [-0.2, -0.15) is 0 Å². The molecule has 2 unspecified atom stereocenters. The highest BCUT2D eigenvalue weighted by molar-refractivity contribution is 8.00. The van der Waals surface area contributed by atoms with Crippen molar-refractivity contribution in [3.63, 3.8) is 0 Å². The maximum absolute atomic E-state index is 11.9. The van der Waals surface area contributed by atoms with Crippen molar-refractivity contribution in [1.29, 1.82) is 0 Å². The molecule has 0 aliphatic rings. The Morgan fingerprint density at radius 3 is 2.41 bits per heavy atom. The molecule has 2 atom stereocenters. The molecule has 0 fully saturated rings. The minimum absolute atomic E-state index is 0.339. The largest absolute Gasteiger partial charge is 0.468 e. The quantitative estimate of drug-likeness (QED) is 0.622. The van der Waals surface area contributed by atoms with Crippen molar-refractivity contribution >= 4 is 34.7 Å². The number of imidazole rings is 1. The van der Waals surface area contributed by atoms with Crippen LogP contribution >= 0.6 is 11.8 Å². The van der Waals surface area contributed by atoms with Crippen LogP contribution in [0.15, 0.2) is 29.4 Å². The topological polar surface area (TPSA) is 70.4 Å². The van der Waals surface area contributed by atoms with E-state index in [0.717, 1.165) is 11.0 Å². The standard InChI is InChI=1S/C15H18N2O4S/c1-9(13(18)20-3)17-12-8-6-5-7-11(12)16-15(17)22-10(2)14(19)21-4/h5-10H,1-4H3. The number of carbonyl (C=O) groups excluding carboxylic acids is 2. The van der Waals surface area contributed by atoms with Crippen LogP contribution in [0.25, 0.3) is 11.0 Å². The summed E-state index contributed by atoms with van der Waals surface area (Å²) < 4.78 is 11.3. The van der Waals surface area contributed by atoms with E-state index in [9.17, 15) is 9.59 Å².